The average molecular weight is 288 g/mol. The minimum Gasteiger partial charge on any atom is -0.381 e. The van der Waals surface area contributed by atoms with Gasteiger partial charge in [0, 0.05) is 23.0 Å². The summed E-state index contributed by atoms with van der Waals surface area (Å²) in [6.45, 7) is 2.08. The summed E-state index contributed by atoms with van der Waals surface area (Å²) < 4.78 is 19.2. The van der Waals surface area contributed by atoms with Crippen molar-refractivity contribution in [3.05, 3.63) is 34.1 Å². The summed E-state index contributed by atoms with van der Waals surface area (Å²) in [6, 6.07) is 4.80. The Morgan fingerprint density at radius 3 is 2.88 bits per heavy atom. The molecule has 1 atom stereocenters. The molecular formula is C12H15BrFNO. The Balaban J connectivity index is 2.19. The third-order valence-corrected chi connectivity index (χ3v) is 3.94. The van der Waals surface area contributed by atoms with Crippen molar-refractivity contribution in [1.29, 1.82) is 0 Å². The van der Waals surface area contributed by atoms with Crippen molar-refractivity contribution in [2.45, 2.75) is 12.8 Å². The van der Waals surface area contributed by atoms with Crippen LogP contribution in [0.15, 0.2) is 22.7 Å². The number of rotatable bonds is 3. The quantitative estimate of drug-likeness (QED) is 0.927. The minimum absolute atomic E-state index is 0.0281. The fourth-order valence-electron chi connectivity index (χ4n) is 2.09. The molecule has 0 aromatic heterocycles. The first-order valence-corrected chi connectivity index (χ1v) is 6.16. The van der Waals surface area contributed by atoms with Crippen molar-refractivity contribution in [1.82, 2.24) is 0 Å². The van der Waals surface area contributed by atoms with Gasteiger partial charge in [-0.1, -0.05) is 22.0 Å². The van der Waals surface area contributed by atoms with Gasteiger partial charge in [-0.2, -0.15) is 0 Å². The van der Waals surface area contributed by atoms with E-state index in [4.69, 9.17) is 10.5 Å². The number of hydrogen-bond donors (Lipinski definition) is 1. The van der Waals surface area contributed by atoms with Crippen LogP contribution in [0.3, 0.4) is 0 Å². The van der Waals surface area contributed by atoms with Crippen molar-refractivity contribution >= 4 is 15.9 Å². The molecule has 88 valence electrons. The molecule has 1 fully saturated rings. The van der Waals surface area contributed by atoms with Crippen LogP contribution in [-0.2, 0) is 11.2 Å². The third-order valence-electron chi connectivity index (χ3n) is 3.20. The second-order valence-corrected chi connectivity index (χ2v) is 5.27. The van der Waals surface area contributed by atoms with E-state index in [2.05, 4.69) is 15.9 Å². The zero-order chi connectivity index (χ0) is 11.6. The van der Waals surface area contributed by atoms with Crippen molar-refractivity contribution in [2.75, 3.05) is 19.8 Å². The molecule has 2 rings (SSSR count). The van der Waals surface area contributed by atoms with Crippen LogP contribution in [0.25, 0.3) is 0 Å². The second kappa shape index (κ2) is 4.82. The molecule has 1 saturated heterocycles. The number of halogens is 2. The molecule has 1 heterocycles. The molecule has 0 amide bonds. The summed E-state index contributed by atoms with van der Waals surface area (Å²) in [7, 11) is 0. The van der Waals surface area contributed by atoms with Crippen molar-refractivity contribution < 1.29 is 9.13 Å². The summed E-state index contributed by atoms with van der Waals surface area (Å²) in [5.41, 5.74) is 6.95. The fraction of sp³-hybridized carbons (Fsp3) is 0.500. The second-order valence-electron chi connectivity index (χ2n) is 4.42. The number of hydrogen-bond acceptors (Lipinski definition) is 2. The number of benzene rings is 1. The summed E-state index contributed by atoms with van der Waals surface area (Å²) in [6.07, 6.45) is 1.82. The van der Waals surface area contributed by atoms with Gasteiger partial charge in [0.25, 0.3) is 0 Å². The van der Waals surface area contributed by atoms with E-state index in [1.54, 1.807) is 0 Å². The van der Waals surface area contributed by atoms with E-state index in [9.17, 15) is 4.39 Å². The number of ether oxygens (including phenoxy) is 1. The first kappa shape index (κ1) is 12.0. The van der Waals surface area contributed by atoms with E-state index in [0.717, 1.165) is 29.5 Å². The predicted molar refractivity (Wildman–Crippen MR) is 64.7 cm³/mol. The summed E-state index contributed by atoms with van der Waals surface area (Å²) >= 11 is 3.39. The Labute approximate surface area is 103 Å². The molecule has 1 unspecified atom stereocenters. The molecular weight excluding hydrogens is 273 g/mol. The van der Waals surface area contributed by atoms with Gasteiger partial charge in [0.15, 0.2) is 0 Å². The molecule has 0 saturated carbocycles. The Kier molecular flexibility index (Phi) is 3.62. The maximum Gasteiger partial charge on any atom is 0.124 e. The van der Waals surface area contributed by atoms with Gasteiger partial charge >= 0.3 is 0 Å². The largest absolute Gasteiger partial charge is 0.381 e. The molecule has 0 aliphatic carbocycles. The van der Waals surface area contributed by atoms with Crippen LogP contribution in [-0.4, -0.2) is 19.8 Å². The first-order valence-electron chi connectivity index (χ1n) is 5.37. The Hall–Kier alpha value is -0.450. The highest BCUT2D eigenvalue weighted by atomic mass is 79.9. The van der Waals surface area contributed by atoms with Gasteiger partial charge in [0.1, 0.15) is 5.82 Å². The highest BCUT2D eigenvalue weighted by Gasteiger charge is 2.34. The smallest absolute Gasteiger partial charge is 0.124 e. The number of nitrogens with two attached hydrogens (primary N) is 1. The highest BCUT2D eigenvalue weighted by Crippen LogP contribution is 2.33. The van der Waals surface area contributed by atoms with Gasteiger partial charge in [-0.25, -0.2) is 4.39 Å². The van der Waals surface area contributed by atoms with Gasteiger partial charge in [-0.15, -0.1) is 0 Å². The maximum atomic E-state index is 13.0. The molecule has 0 radical (unpaired) electrons. The standard InChI is InChI=1S/C12H15BrFNO/c13-11-5-10(14)2-1-9(11)6-12(7-15)3-4-16-8-12/h1-2,5H,3-4,6-8,15H2. The molecule has 1 aromatic carbocycles. The highest BCUT2D eigenvalue weighted by molar-refractivity contribution is 9.10. The van der Waals surface area contributed by atoms with Crippen LogP contribution in [0.5, 0.6) is 0 Å². The van der Waals surface area contributed by atoms with Gasteiger partial charge in [0.05, 0.1) is 6.61 Å². The van der Waals surface area contributed by atoms with Gasteiger partial charge < -0.3 is 10.5 Å². The van der Waals surface area contributed by atoms with E-state index < -0.39 is 0 Å². The third kappa shape index (κ3) is 2.44. The molecule has 0 bridgehead atoms. The Morgan fingerprint density at radius 1 is 1.50 bits per heavy atom. The first-order chi connectivity index (χ1) is 7.65. The van der Waals surface area contributed by atoms with Crippen LogP contribution in [0.4, 0.5) is 4.39 Å². The van der Waals surface area contributed by atoms with Crippen LogP contribution in [0.2, 0.25) is 0 Å². The van der Waals surface area contributed by atoms with E-state index in [-0.39, 0.29) is 11.2 Å². The van der Waals surface area contributed by atoms with Crippen molar-refractivity contribution in [2.24, 2.45) is 11.1 Å². The van der Waals surface area contributed by atoms with Crippen LogP contribution in [0.1, 0.15) is 12.0 Å². The van der Waals surface area contributed by atoms with E-state index in [1.165, 1.54) is 12.1 Å². The summed E-state index contributed by atoms with van der Waals surface area (Å²) in [4.78, 5) is 0. The lowest BCUT2D eigenvalue weighted by Crippen LogP contribution is -2.33. The molecule has 0 spiro atoms. The van der Waals surface area contributed by atoms with E-state index >= 15 is 0 Å². The zero-order valence-electron chi connectivity index (χ0n) is 9.01. The summed E-state index contributed by atoms with van der Waals surface area (Å²) in [5, 5.41) is 0. The lowest BCUT2D eigenvalue weighted by molar-refractivity contribution is 0.154. The van der Waals surface area contributed by atoms with Crippen molar-refractivity contribution in [3.63, 3.8) is 0 Å². The maximum absolute atomic E-state index is 13.0. The monoisotopic (exact) mass is 287 g/mol. The Morgan fingerprint density at radius 2 is 2.31 bits per heavy atom. The summed E-state index contributed by atoms with van der Waals surface area (Å²) in [5.74, 6) is -0.222. The van der Waals surface area contributed by atoms with Gasteiger partial charge in [-0.3, -0.25) is 0 Å². The zero-order valence-corrected chi connectivity index (χ0v) is 10.6. The van der Waals surface area contributed by atoms with Gasteiger partial charge in [0.2, 0.25) is 0 Å². The SMILES string of the molecule is NCC1(Cc2ccc(F)cc2Br)CCOC1. The van der Waals surface area contributed by atoms with E-state index in [1.807, 2.05) is 6.07 Å². The van der Waals surface area contributed by atoms with E-state index in [0.29, 0.717) is 13.2 Å². The molecule has 1 aromatic rings. The normalized spacial score (nSPS) is 24.9. The molecule has 1 aliphatic rings. The van der Waals surface area contributed by atoms with Gasteiger partial charge in [-0.05, 0) is 30.5 Å². The topological polar surface area (TPSA) is 35.2 Å². The molecule has 4 heteroatoms. The van der Waals surface area contributed by atoms with Crippen molar-refractivity contribution in [3.8, 4) is 0 Å². The minimum atomic E-state index is -0.222. The van der Waals surface area contributed by atoms with Crippen LogP contribution in [0, 0.1) is 11.2 Å². The molecule has 1 aliphatic heterocycles. The lowest BCUT2D eigenvalue weighted by atomic mass is 9.81. The van der Waals surface area contributed by atoms with Crippen LogP contribution < -0.4 is 5.73 Å². The predicted octanol–water partition coefficient (Wildman–Crippen LogP) is 2.50. The fourth-order valence-corrected chi connectivity index (χ4v) is 2.58. The average Bonchev–Trinajstić information content (AvgIpc) is 2.72. The molecule has 2 N–H and O–H groups in total. The van der Waals surface area contributed by atoms with Crippen LogP contribution >= 0.6 is 15.9 Å². The lowest BCUT2D eigenvalue weighted by Gasteiger charge is -2.25. The molecule has 2 nitrogen and oxygen atoms in total. The molecule has 16 heavy (non-hydrogen) atoms. The Bertz CT molecular complexity index is 377.